The summed E-state index contributed by atoms with van der Waals surface area (Å²) < 4.78 is 0. The van der Waals surface area contributed by atoms with E-state index in [9.17, 15) is 20.0 Å². The molecule has 1 fully saturated rings. The zero-order valence-electron chi connectivity index (χ0n) is 11.9. The van der Waals surface area contributed by atoms with E-state index in [1.54, 1.807) is 6.92 Å². The summed E-state index contributed by atoms with van der Waals surface area (Å²) in [7, 11) is 0. The lowest BCUT2D eigenvalue weighted by Crippen LogP contribution is -2.32. The van der Waals surface area contributed by atoms with Crippen LogP contribution in [-0.4, -0.2) is 46.6 Å². The van der Waals surface area contributed by atoms with E-state index in [2.05, 4.69) is 5.32 Å². The van der Waals surface area contributed by atoms with Crippen LogP contribution < -0.4 is 5.32 Å². The Labute approximate surface area is 122 Å². The summed E-state index contributed by atoms with van der Waals surface area (Å²) in [5.41, 5.74) is 0.532. The summed E-state index contributed by atoms with van der Waals surface area (Å²) in [5.74, 6) is 0.0623. The van der Waals surface area contributed by atoms with Crippen molar-refractivity contribution in [3.63, 3.8) is 0 Å². The fraction of sp³-hybridized carbons (Fsp3) is 0.500. The second kappa shape index (κ2) is 6.64. The molecule has 0 spiro atoms. The SMILES string of the molecule is CC(O)C1CCN(CC(=O)Nc2ccc([N+](=O)[O-])cc2)C1. The molecular formula is C14H19N3O4. The van der Waals surface area contributed by atoms with Crippen molar-refractivity contribution in [2.24, 2.45) is 5.92 Å². The molecule has 2 N–H and O–H groups in total. The highest BCUT2D eigenvalue weighted by molar-refractivity contribution is 5.92. The van der Waals surface area contributed by atoms with Crippen LogP contribution in [0.15, 0.2) is 24.3 Å². The average Bonchev–Trinajstić information content (AvgIpc) is 2.87. The zero-order chi connectivity index (χ0) is 15.4. The molecule has 1 aromatic carbocycles. The summed E-state index contributed by atoms with van der Waals surface area (Å²) in [6.45, 7) is 3.54. The maximum Gasteiger partial charge on any atom is 0.269 e. The molecule has 2 rings (SSSR count). The highest BCUT2D eigenvalue weighted by Gasteiger charge is 2.26. The molecule has 0 aliphatic carbocycles. The largest absolute Gasteiger partial charge is 0.393 e. The van der Waals surface area contributed by atoms with E-state index in [0.29, 0.717) is 12.2 Å². The van der Waals surface area contributed by atoms with E-state index in [-0.39, 0.29) is 30.2 Å². The number of nitrogens with zero attached hydrogens (tertiary/aromatic N) is 2. The van der Waals surface area contributed by atoms with E-state index in [1.807, 2.05) is 4.90 Å². The molecule has 2 unspecified atom stereocenters. The lowest BCUT2D eigenvalue weighted by molar-refractivity contribution is -0.384. The monoisotopic (exact) mass is 293 g/mol. The van der Waals surface area contributed by atoms with Crippen LogP contribution >= 0.6 is 0 Å². The minimum Gasteiger partial charge on any atom is -0.393 e. The zero-order valence-corrected chi connectivity index (χ0v) is 11.9. The summed E-state index contributed by atoms with van der Waals surface area (Å²) in [6.07, 6.45) is 0.537. The molecule has 0 radical (unpaired) electrons. The molecule has 1 amide bonds. The second-order valence-corrected chi connectivity index (χ2v) is 5.38. The van der Waals surface area contributed by atoms with E-state index in [1.165, 1.54) is 24.3 Å². The highest BCUT2D eigenvalue weighted by atomic mass is 16.6. The van der Waals surface area contributed by atoms with Gasteiger partial charge in [-0.3, -0.25) is 19.8 Å². The minimum absolute atomic E-state index is 0.00711. The van der Waals surface area contributed by atoms with Crippen molar-refractivity contribution in [3.05, 3.63) is 34.4 Å². The standard InChI is InChI=1S/C14H19N3O4/c1-10(18)11-6-7-16(8-11)9-14(19)15-12-2-4-13(5-3-12)17(20)21/h2-5,10-11,18H,6-9H2,1H3,(H,15,19). The van der Waals surface area contributed by atoms with E-state index in [4.69, 9.17) is 0 Å². The van der Waals surface area contributed by atoms with Crippen LogP contribution in [0.1, 0.15) is 13.3 Å². The lowest BCUT2D eigenvalue weighted by atomic mass is 10.0. The number of rotatable bonds is 5. The van der Waals surface area contributed by atoms with Crippen molar-refractivity contribution < 1.29 is 14.8 Å². The number of aliphatic hydroxyl groups excluding tert-OH is 1. The van der Waals surface area contributed by atoms with Crippen molar-refractivity contribution in [2.75, 3.05) is 25.0 Å². The maximum atomic E-state index is 11.9. The fourth-order valence-electron chi connectivity index (χ4n) is 2.47. The number of hydrogen-bond acceptors (Lipinski definition) is 5. The van der Waals surface area contributed by atoms with Gasteiger partial charge in [-0.25, -0.2) is 0 Å². The van der Waals surface area contributed by atoms with E-state index >= 15 is 0 Å². The fourth-order valence-corrected chi connectivity index (χ4v) is 2.47. The normalized spacial score (nSPS) is 20.2. The number of non-ortho nitro benzene ring substituents is 1. The van der Waals surface area contributed by atoms with Crippen molar-refractivity contribution >= 4 is 17.3 Å². The number of nitro groups is 1. The molecule has 1 aliphatic rings. The predicted octanol–water partition coefficient (Wildman–Crippen LogP) is 1.24. The molecule has 1 heterocycles. The van der Waals surface area contributed by atoms with Crippen molar-refractivity contribution in [1.29, 1.82) is 0 Å². The number of amides is 1. The number of nitro benzene ring substituents is 1. The first-order valence-electron chi connectivity index (χ1n) is 6.90. The molecule has 0 aromatic heterocycles. The van der Waals surface area contributed by atoms with Crippen LogP contribution in [0.25, 0.3) is 0 Å². The van der Waals surface area contributed by atoms with Gasteiger partial charge in [-0.2, -0.15) is 0 Å². The summed E-state index contributed by atoms with van der Waals surface area (Å²) in [4.78, 5) is 24.0. The molecule has 0 bridgehead atoms. The number of carbonyl (C=O) groups excluding carboxylic acids is 1. The van der Waals surface area contributed by atoms with Gasteiger partial charge >= 0.3 is 0 Å². The van der Waals surface area contributed by atoms with Crippen LogP contribution in [0.5, 0.6) is 0 Å². The molecule has 1 aliphatic heterocycles. The number of aliphatic hydroxyl groups is 1. The second-order valence-electron chi connectivity index (χ2n) is 5.38. The van der Waals surface area contributed by atoms with Gasteiger partial charge in [0.1, 0.15) is 0 Å². The third-order valence-electron chi connectivity index (χ3n) is 3.72. The van der Waals surface area contributed by atoms with Gasteiger partial charge in [0.15, 0.2) is 0 Å². The Hall–Kier alpha value is -1.99. The molecule has 0 saturated carbocycles. The first-order valence-corrected chi connectivity index (χ1v) is 6.90. The minimum atomic E-state index is -0.480. The van der Waals surface area contributed by atoms with Crippen LogP contribution in [0, 0.1) is 16.0 Å². The Bertz CT molecular complexity index is 515. The molecule has 114 valence electrons. The third kappa shape index (κ3) is 4.24. The summed E-state index contributed by atoms with van der Waals surface area (Å²) >= 11 is 0. The van der Waals surface area contributed by atoms with Crippen LogP contribution in [0.4, 0.5) is 11.4 Å². The molecule has 1 aromatic rings. The number of nitrogens with one attached hydrogen (secondary N) is 1. The summed E-state index contributed by atoms with van der Waals surface area (Å²) in [5, 5.41) is 22.8. The quantitative estimate of drug-likeness (QED) is 0.629. The highest BCUT2D eigenvalue weighted by Crippen LogP contribution is 2.19. The Morgan fingerprint density at radius 2 is 2.19 bits per heavy atom. The number of benzene rings is 1. The predicted molar refractivity (Wildman–Crippen MR) is 78.0 cm³/mol. The number of hydrogen-bond donors (Lipinski definition) is 2. The summed E-state index contributed by atoms with van der Waals surface area (Å²) in [6, 6.07) is 5.74. The van der Waals surface area contributed by atoms with E-state index in [0.717, 1.165) is 13.0 Å². The molecule has 7 heteroatoms. The number of carbonyl (C=O) groups is 1. The smallest absolute Gasteiger partial charge is 0.269 e. The van der Waals surface area contributed by atoms with Gasteiger partial charge in [-0.05, 0) is 37.9 Å². The molecule has 21 heavy (non-hydrogen) atoms. The first kappa shape index (κ1) is 15.4. The number of anilines is 1. The van der Waals surface area contributed by atoms with Gasteiger partial charge in [-0.15, -0.1) is 0 Å². The Morgan fingerprint density at radius 1 is 1.52 bits per heavy atom. The van der Waals surface area contributed by atoms with Gasteiger partial charge in [0.2, 0.25) is 5.91 Å². The third-order valence-corrected chi connectivity index (χ3v) is 3.72. The lowest BCUT2D eigenvalue weighted by Gasteiger charge is -2.16. The molecule has 1 saturated heterocycles. The van der Waals surface area contributed by atoms with Crippen LogP contribution in [-0.2, 0) is 4.79 Å². The van der Waals surface area contributed by atoms with Crippen LogP contribution in [0.2, 0.25) is 0 Å². The topological polar surface area (TPSA) is 95.7 Å². The van der Waals surface area contributed by atoms with Gasteiger partial charge < -0.3 is 10.4 Å². The van der Waals surface area contributed by atoms with Crippen molar-refractivity contribution in [3.8, 4) is 0 Å². The first-order chi connectivity index (χ1) is 9.95. The van der Waals surface area contributed by atoms with Crippen molar-refractivity contribution in [1.82, 2.24) is 4.90 Å². The molecular weight excluding hydrogens is 274 g/mol. The van der Waals surface area contributed by atoms with Crippen molar-refractivity contribution in [2.45, 2.75) is 19.4 Å². The Balaban J connectivity index is 1.83. The maximum absolute atomic E-state index is 11.9. The Morgan fingerprint density at radius 3 is 2.71 bits per heavy atom. The molecule has 2 atom stereocenters. The van der Waals surface area contributed by atoms with Gasteiger partial charge in [-0.1, -0.05) is 0 Å². The van der Waals surface area contributed by atoms with Gasteiger partial charge in [0.05, 0.1) is 17.6 Å². The van der Waals surface area contributed by atoms with Gasteiger partial charge in [0.25, 0.3) is 5.69 Å². The molecule has 7 nitrogen and oxygen atoms in total. The number of likely N-dealkylation sites (tertiary alicyclic amines) is 1. The van der Waals surface area contributed by atoms with E-state index < -0.39 is 4.92 Å². The Kier molecular flexibility index (Phi) is 4.87. The van der Waals surface area contributed by atoms with Gasteiger partial charge in [0, 0.05) is 24.4 Å². The van der Waals surface area contributed by atoms with Crippen LogP contribution in [0.3, 0.4) is 0 Å². The average molecular weight is 293 g/mol.